The van der Waals surface area contributed by atoms with Gasteiger partial charge in [0.2, 0.25) is 11.8 Å². The average Bonchev–Trinajstić information content (AvgIpc) is 2.80. The minimum atomic E-state index is -0.00616. The van der Waals surface area contributed by atoms with Gasteiger partial charge in [-0.15, -0.1) is 0 Å². The molecule has 0 saturated carbocycles. The molecule has 0 radical (unpaired) electrons. The van der Waals surface area contributed by atoms with Crippen molar-refractivity contribution in [1.82, 2.24) is 20.3 Å². The van der Waals surface area contributed by atoms with E-state index in [0.717, 1.165) is 54.8 Å². The van der Waals surface area contributed by atoms with Crippen LogP contribution < -0.4 is 15.0 Å². The van der Waals surface area contributed by atoms with Crippen LogP contribution >= 0.6 is 0 Å². The number of ether oxygens (including phenoxy) is 1. The Bertz CT molecular complexity index is 1070. The Hall–Kier alpha value is -3.25. The highest BCUT2D eigenvalue weighted by atomic mass is 16.5. The van der Waals surface area contributed by atoms with Gasteiger partial charge in [0, 0.05) is 55.8 Å². The summed E-state index contributed by atoms with van der Waals surface area (Å²) in [5.41, 5.74) is 2.77. The Balaban J connectivity index is 1.53. The second kappa shape index (κ2) is 8.01. The van der Waals surface area contributed by atoms with Crippen LogP contribution in [-0.4, -0.2) is 47.2 Å². The van der Waals surface area contributed by atoms with Gasteiger partial charge < -0.3 is 15.0 Å². The summed E-state index contributed by atoms with van der Waals surface area (Å²) in [5.74, 6) is 1.31. The standard InChI is InChI=1S/C23H23N5O/c1-2-7-19(8-3-1)29-22-15-21(26-23(27-22)28-12-10-24-11-13-28)18-14-17-6-4-5-9-20(17)25-16-18/h1-7,9,14-16,19,24H,8,10-13H2. The molecule has 2 aliphatic rings. The fourth-order valence-corrected chi connectivity index (χ4v) is 3.64. The lowest BCUT2D eigenvalue weighted by atomic mass is 10.1. The van der Waals surface area contributed by atoms with E-state index in [1.165, 1.54) is 0 Å². The van der Waals surface area contributed by atoms with Crippen molar-refractivity contribution in [3.8, 4) is 17.1 Å². The topological polar surface area (TPSA) is 63.2 Å². The normalized spacial score (nSPS) is 18.9. The van der Waals surface area contributed by atoms with E-state index < -0.39 is 0 Å². The molecule has 1 aromatic carbocycles. The highest BCUT2D eigenvalue weighted by molar-refractivity contribution is 5.83. The number of allylic oxidation sites excluding steroid dienone is 2. The summed E-state index contributed by atoms with van der Waals surface area (Å²) >= 11 is 0. The molecule has 146 valence electrons. The molecule has 1 aliphatic heterocycles. The van der Waals surface area contributed by atoms with Gasteiger partial charge in [-0.2, -0.15) is 4.98 Å². The molecule has 1 aliphatic carbocycles. The van der Waals surface area contributed by atoms with E-state index in [0.29, 0.717) is 11.8 Å². The van der Waals surface area contributed by atoms with Crippen LogP contribution in [0.2, 0.25) is 0 Å². The summed E-state index contributed by atoms with van der Waals surface area (Å²) in [4.78, 5) is 16.4. The first-order valence-electron chi connectivity index (χ1n) is 10.0. The van der Waals surface area contributed by atoms with E-state index in [4.69, 9.17) is 14.7 Å². The molecular formula is C23H23N5O. The Morgan fingerprint density at radius 2 is 1.93 bits per heavy atom. The van der Waals surface area contributed by atoms with Crippen LogP contribution in [-0.2, 0) is 0 Å². The van der Waals surface area contributed by atoms with Crippen LogP contribution in [0.1, 0.15) is 6.42 Å². The van der Waals surface area contributed by atoms with Gasteiger partial charge in [0.1, 0.15) is 6.10 Å². The molecule has 1 fully saturated rings. The number of fused-ring (bicyclic) bond motifs is 1. The molecule has 6 nitrogen and oxygen atoms in total. The third-order valence-corrected chi connectivity index (χ3v) is 5.19. The maximum atomic E-state index is 6.18. The van der Waals surface area contributed by atoms with E-state index >= 15 is 0 Å². The summed E-state index contributed by atoms with van der Waals surface area (Å²) < 4.78 is 6.18. The maximum absolute atomic E-state index is 6.18. The third-order valence-electron chi connectivity index (χ3n) is 5.19. The highest BCUT2D eigenvalue weighted by Crippen LogP contribution is 2.27. The first-order chi connectivity index (χ1) is 14.3. The number of hydrogen-bond acceptors (Lipinski definition) is 6. The number of nitrogens with zero attached hydrogens (tertiary/aromatic N) is 4. The van der Waals surface area contributed by atoms with Gasteiger partial charge in [-0.3, -0.25) is 4.98 Å². The number of para-hydroxylation sites is 1. The van der Waals surface area contributed by atoms with Crippen molar-refractivity contribution >= 4 is 16.9 Å². The number of anilines is 1. The molecule has 0 bridgehead atoms. The molecule has 1 saturated heterocycles. The van der Waals surface area contributed by atoms with Gasteiger partial charge >= 0.3 is 0 Å². The highest BCUT2D eigenvalue weighted by Gasteiger charge is 2.18. The number of benzene rings is 1. The van der Waals surface area contributed by atoms with Crippen molar-refractivity contribution in [3.05, 3.63) is 66.9 Å². The second-order valence-electron chi connectivity index (χ2n) is 7.25. The van der Waals surface area contributed by atoms with Crippen LogP contribution in [0.3, 0.4) is 0 Å². The van der Waals surface area contributed by atoms with E-state index in [2.05, 4.69) is 39.5 Å². The van der Waals surface area contributed by atoms with Gasteiger partial charge in [-0.05, 0) is 18.2 Å². The van der Waals surface area contributed by atoms with Crippen LogP contribution in [0.5, 0.6) is 5.88 Å². The fourth-order valence-electron chi connectivity index (χ4n) is 3.64. The lowest BCUT2D eigenvalue weighted by molar-refractivity contribution is 0.241. The number of pyridine rings is 1. The smallest absolute Gasteiger partial charge is 0.229 e. The molecule has 3 heterocycles. The largest absolute Gasteiger partial charge is 0.470 e. The zero-order chi connectivity index (χ0) is 19.5. The number of piperazine rings is 1. The van der Waals surface area contributed by atoms with Crippen molar-refractivity contribution in [2.24, 2.45) is 0 Å². The summed E-state index contributed by atoms with van der Waals surface area (Å²) in [6.07, 6.45) is 10.9. The fraction of sp³-hybridized carbons (Fsp3) is 0.261. The molecule has 1 unspecified atom stereocenters. The van der Waals surface area contributed by atoms with E-state index in [9.17, 15) is 0 Å². The number of nitrogens with one attached hydrogen (secondary N) is 1. The molecule has 1 N–H and O–H groups in total. The summed E-state index contributed by atoms with van der Waals surface area (Å²) in [7, 11) is 0. The zero-order valence-electron chi connectivity index (χ0n) is 16.2. The Morgan fingerprint density at radius 1 is 1.03 bits per heavy atom. The lowest BCUT2D eigenvalue weighted by Crippen LogP contribution is -2.44. The first kappa shape index (κ1) is 17.8. The van der Waals surface area contributed by atoms with Crippen molar-refractivity contribution < 1.29 is 4.74 Å². The van der Waals surface area contributed by atoms with Gasteiger partial charge in [0.15, 0.2) is 0 Å². The average molecular weight is 385 g/mol. The molecule has 5 rings (SSSR count). The van der Waals surface area contributed by atoms with Crippen molar-refractivity contribution in [3.63, 3.8) is 0 Å². The van der Waals surface area contributed by atoms with E-state index in [1.807, 2.05) is 42.6 Å². The minimum absolute atomic E-state index is 0.00616. The third kappa shape index (κ3) is 3.98. The molecule has 29 heavy (non-hydrogen) atoms. The predicted octanol–water partition coefficient (Wildman–Crippen LogP) is 3.36. The van der Waals surface area contributed by atoms with Crippen LogP contribution in [0.15, 0.2) is 66.9 Å². The van der Waals surface area contributed by atoms with Gasteiger partial charge in [0.25, 0.3) is 0 Å². The molecule has 1 atom stereocenters. The maximum Gasteiger partial charge on any atom is 0.229 e. The second-order valence-corrected chi connectivity index (χ2v) is 7.25. The molecule has 0 amide bonds. The first-order valence-corrected chi connectivity index (χ1v) is 10.0. The van der Waals surface area contributed by atoms with Crippen LogP contribution in [0.25, 0.3) is 22.2 Å². The summed E-state index contributed by atoms with van der Waals surface area (Å²) in [6.45, 7) is 3.62. The van der Waals surface area contributed by atoms with Crippen LogP contribution in [0, 0.1) is 0 Å². The molecule has 3 aromatic rings. The monoisotopic (exact) mass is 385 g/mol. The van der Waals surface area contributed by atoms with Crippen molar-refractivity contribution in [2.45, 2.75) is 12.5 Å². The molecule has 0 spiro atoms. The quantitative estimate of drug-likeness (QED) is 0.743. The number of rotatable bonds is 4. The summed E-state index contributed by atoms with van der Waals surface area (Å²) in [5, 5.41) is 4.47. The minimum Gasteiger partial charge on any atom is -0.470 e. The molecule has 6 heteroatoms. The van der Waals surface area contributed by atoms with Gasteiger partial charge in [-0.25, -0.2) is 4.98 Å². The number of hydrogen-bond donors (Lipinski definition) is 1. The number of aromatic nitrogens is 3. The van der Waals surface area contributed by atoms with Gasteiger partial charge in [0.05, 0.1) is 11.2 Å². The molecular weight excluding hydrogens is 362 g/mol. The van der Waals surface area contributed by atoms with Gasteiger partial charge in [-0.1, -0.05) is 36.4 Å². The van der Waals surface area contributed by atoms with E-state index in [-0.39, 0.29) is 6.10 Å². The zero-order valence-corrected chi connectivity index (χ0v) is 16.2. The summed E-state index contributed by atoms with van der Waals surface area (Å²) in [6, 6.07) is 12.2. The predicted molar refractivity (Wildman–Crippen MR) is 115 cm³/mol. The lowest BCUT2D eigenvalue weighted by Gasteiger charge is -2.28. The Labute approximate surface area is 170 Å². The Kier molecular flexibility index (Phi) is 4.92. The Morgan fingerprint density at radius 3 is 2.79 bits per heavy atom. The molecule has 2 aromatic heterocycles. The van der Waals surface area contributed by atoms with Crippen molar-refractivity contribution in [2.75, 3.05) is 31.1 Å². The van der Waals surface area contributed by atoms with Crippen molar-refractivity contribution in [1.29, 1.82) is 0 Å². The SMILES string of the molecule is C1=CCC(Oc2cc(-c3cnc4ccccc4c3)nc(N3CCNCC3)n2)C=C1. The van der Waals surface area contributed by atoms with Crippen LogP contribution in [0.4, 0.5) is 5.95 Å². The van der Waals surface area contributed by atoms with E-state index in [1.54, 1.807) is 0 Å².